The van der Waals surface area contributed by atoms with Gasteiger partial charge in [-0.1, -0.05) is 117 Å². The minimum absolute atomic E-state index is 0.426. The van der Waals surface area contributed by atoms with Crippen molar-refractivity contribution >= 4 is 0 Å². The van der Waals surface area contributed by atoms with Crippen LogP contribution in [-0.4, -0.2) is 99.1 Å². The van der Waals surface area contributed by atoms with Crippen molar-refractivity contribution in [2.75, 3.05) is 99.1 Å². The first-order valence-corrected chi connectivity index (χ1v) is 17.2. The van der Waals surface area contributed by atoms with Crippen LogP contribution in [0, 0.1) is 0 Å². The van der Waals surface area contributed by atoms with Gasteiger partial charge in [-0.05, 0) is 23.1 Å². The van der Waals surface area contributed by atoms with Crippen molar-refractivity contribution in [1.82, 2.24) is 0 Å². The van der Waals surface area contributed by atoms with Gasteiger partial charge in [0.05, 0.1) is 92.5 Å². The summed E-state index contributed by atoms with van der Waals surface area (Å²) in [6, 6.07) is 31.1. The molecule has 0 fully saturated rings. The molecule has 0 bridgehead atoms. The largest absolute Gasteiger partial charge is 0.379 e. The summed E-state index contributed by atoms with van der Waals surface area (Å²) in [6.07, 6.45) is 4.90. The molecule has 0 aliphatic carbocycles. The molecule has 0 radical (unpaired) electrons. The van der Waals surface area contributed by atoms with Crippen LogP contribution in [0.4, 0.5) is 0 Å². The molecule has 47 heavy (non-hydrogen) atoms. The van der Waals surface area contributed by atoms with E-state index in [1.54, 1.807) is 0 Å². The van der Waals surface area contributed by atoms with E-state index >= 15 is 0 Å². The van der Waals surface area contributed by atoms with Gasteiger partial charge in [0.25, 0.3) is 0 Å². The quantitative estimate of drug-likeness (QED) is 0.0583. The van der Waals surface area contributed by atoms with Crippen LogP contribution in [0.2, 0.25) is 0 Å². The number of unbranched alkanes of at least 4 members (excludes halogenated alkanes) is 3. The summed E-state index contributed by atoms with van der Waals surface area (Å²) >= 11 is 0. The van der Waals surface area contributed by atoms with Crippen molar-refractivity contribution in [3.63, 3.8) is 0 Å². The Morgan fingerprint density at radius 2 is 0.638 bits per heavy atom. The average Bonchev–Trinajstić information content (AvgIpc) is 3.12. The molecule has 3 aromatic rings. The van der Waals surface area contributed by atoms with E-state index in [4.69, 9.17) is 37.9 Å². The minimum atomic E-state index is -0.741. The third-order valence-corrected chi connectivity index (χ3v) is 7.46. The lowest BCUT2D eigenvalue weighted by Crippen LogP contribution is -2.34. The lowest BCUT2D eigenvalue weighted by atomic mass is 9.80. The van der Waals surface area contributed by atoms with Gasteiger partial charge in [-0.2, -0.15) is 0 Å². The SMILES string of the molecule is CCCCCCOCCOCCOCCOCCOCCOCCOCCOC(c1ccccc1)(c1ccccc1)c1ccccc1. The smallest absolute Gasteiger partial charge is 0.143 e. The van der Waals surface area contributed by atoms with Crippen LogP contribution in [0.1, 0.15) is 49.3 Å². The Kier molecular flexibility index (Phi) is 21.7. The molecule has 0 aliphatic rings. The second-order valence-corrected chi connectivity index (χ2v) is 11.0. The van der Waals surface area contributed by atoms with Crippen LogP contribution < -0.4 is 0 Å². The summed E-state index contributed by atoms with van der Waals surface area (Å²) in [7, 11) is 0. The zero-order valence-corrected chi connectivity index (χ0v) is 28.4. The Bertz CT molecular complexity index is 1000. The Balaban J connectivity index is 1.16. The number of benzene rings is 3. The number of ether oxygens (including phenoxy) is 8. The molecule has 8 heteroatoms. The first-order chi connectivity index (χ1) is 23.4. The average molecular weight is 653 g/mol. The van der Waals surface area contributed by atoms with Crippen molar-refractivity contribution in [3.05, 3.63) is 108 Å². The summed E-state index contributed by atoms with van der Waals surface area (Å²) < 4.78 is 45.9. The van der Waals surface area contributed by atoms with Gasteiger partial charge < -0.3 is 37.9 Å². The van der Waals surface area contributed by atoms with Gasteiger partial charge in [0.15, 0.2) is 0 Å². The van der Waals surface area contributed by atoms with Gasteiger partial charge in [-0.3, -0.25) is 0 Å². The molecule has 0 heterocycles. The van der Waals surface area contributed by atoms with E-state index in [-0.39, 0.29) is 0 Å². The molecule has 0 saturated heterocycles. The zero-order chi connectivity index (χ0) is 32.9. The third kappa shape index (κ3) is 15.9. The summed E-state index contributed by atoms with van der Waals surface area (Å²) in [5.74, 6) is 0. The monoisotopic (exact) mass is 652 g/mol. The van der Waals surface area contributed by atoms with Crippen molar-refractivity contribution < 1.29 is 37.9 Å². The third-order valence-electron chi connectivity index (χ3n) is 7.46. The van der Waals surface area contributed by atoms with E-state index in [0.717, 1.165) is 29.7 Å². The maximum Gasteiger partial charge on any atom is 0.143 e. The van der Waals surface area contributed by atoms with E-state index in [2.05, 4.69) is 43.3 Å². The number of rotatable bonds is 30. The van der Waals surface area contributed by atoms with E-state index in [0.29, 0.717) is 92.5 Å². The first-order valence-electron chi connectivity index (χ1n) is 17.2. The normalized spacial score (nSPS) is 11.7. The van der Waals surface area contributed by atoms with E-state index in [1.165, 1.54) is 19.3 Å². The van der Waals surface area contributed by atoms with Crippen LogP contribution in [0.15, 0.2) is 91.0 Å². The second kappa shape index (κ2) is 26.3. The van der Waals surface area contributed by atoms with Crippen molar-refractivity contribution in [3.8, 4) is 0 Å². The molecule has 0 amide bonds. The molecule has 0 atom stereocenters. The standard InChI is InChI=1S/C39H56O8/c1-2-3-4-14-21-40-22-23-41-24-25-42-26-27-43-28-29-44-30-31-45-32-33-46-34-35-47-39(36-15-8-5-9-16-36,37-17-10-6-11-18-37)38-19-12-7-13-20-38/h5-13,15-20H,2-4,14,21-35H2,1H3. The molecular formula is C39H56O8. The summed E-state index contributed by atoms with van der Waals surface area (Å²) in [4.78, 5) is 0. The van der Waals surface area contributed by atoms with Crippen molar-refractivity contribution in [2.24, 2.45) is 0 Å². The molecule has 0 unspecified atom stereocenters. The molecule has 260 valence electrons. The molecule has 0 aromatic heterocycles. The van der Waals surface area contributed by atoms with Gasteiger partial charge in [-0.15, -0.1) is 0 Å². The Morgan fingerprint density at radius 1 is 0.340 bits per heavy atom. The van der Waals surface area contributed by atoms with Gasteiger partial charge in [0, 0.05) is 6.61 Å². The second-order valence-electron chi connectivity index (χ2n) is 11.0. The van der Waals surface area contributed by atoms with Crippen molar-refractivity contribution in [2.45, 2.75) is 38.2 Å². The summed E-state index contributed by atoms with van der Waals surface area (Å²) in [5.41, 5.74) is 2.48. The fourth-order valence-electron chi connectivity index (χ4n) is 5.07. The first kappa shape index (κ1) is 38.8. The highest BCUT2D eigenvalue weighted by Gasteiger charge is 2.37. The zero-order valence-electron chi connectivity index (χ0n) is 28.4. The molecule has 0 spiro atoms. The van der Waals surface area contributed by atoms with Crippen LogP contribution in [0.5, 0.6) is 0 Å². The van der Waals surface area contributed by atoms with E-state index in [1.807, 2.05) is 54.6 Å². The molecule has 3 rings (SSSR count). The van der Waals surface area contributed by atoms with Crippen LogP contribution >= 0.6 is 0 Å². The van der Waals surface area contributed by atoms with Gasteiger partial charge in [0.2, 0.25) is 0 Å². The van der Waals surface area contributed by atoms with Crippen molar-refractivity contribution in [1.29, 1.82) is 0 Å². The predicted molar refractivity (Wildman–Crippen MR) is 185 cm³/mol. The van der Waals surface area contributed by atoms with E-state index < -0.39 is 5.60 Å². The Labute approximate surface area is 282 Å². The van der Waals surface area contributed by atoms with E-state index in [9.17, 15) is 0 Å². The molecule has 0 aliphatic heterocycles. The van der Waals surface area contributed by atoms with Crippen LogP contribution in [-0.2, 0) is 43.5 Å². The molecule has 3 aromatic carbocycles. The lowest BCUT2D eigenvalue weighted by Gasteiger charge is -2.36. The maximum absolute atomic E-state index is 6.73. The fourth-order valence-corrected chi connectivity index (χ4v) is 5.07. The van der Waals surface area contributed by atoms with Gasteiger partial charge in [-0.25, -0.2) is 0 Å². The van der Waals surface area contributed by atoms with Gasteiger partial charge >= 0.3 is 0 Å². The van der Waals surface area contributed by atoms with Crippen LogP contribution in [0.25, 0.3) is 0 Å². The highest BCUT2D eigenvalue weighted by atomic mass is 16.6. The predicted octanol–water partition coefficient (Wildman–Crippen LogP) is 6.69. The number of hydrogen-bond donors (Lipinski definition) is 0. The molecule has 0 saturated carbocycles. The number of hydrogen-bond acceptors (Lipinski definition) is 8. The van der Waals surface area contributed by atoms with Crippen LogP contribution in [0.3, 0.4) is 0 Å². The fraction of sp³-hybridized carbons (Fsp3) is 0.538. The minimum Gasteiger partial charge on any atom is -0.379 e. The highest BCUT2D eigenvalue weighted by Crippen LogP contribution is 2.40. The highest BCUT2D eigenvalue weighted by molar-refractivity contribution is 5.47. The lowest BCUT2D eigenvalue weighted by molar-refractivity contribution is -0.0397. The molecule has 0 N–H and O–H groups in total. The summed E-state index contributed by atoms with van der Waals surface area (Å²) in [5, 5.41) is 0. The topological polar surface area (TPSA) is 73.8 Å². The van der Waals surface area contributed by atoms with Gasteiger partial charge in [0.1, 0.15) is 5.60 Å². The molecular weight excluding hydrogens is 596 g/mol. The Hall–Kier alpha value is -2.66. The Morgan fingerprint density at radius 3 is 0.957 bits per heavy atom. The maximum atomic E-state index is 6.73. The molecule has 8 nitrogen and oxygen atoms in total. The summed E-state index contributed by atoms with van der Waals surface area (Å²) in [6.45, 7) is 10.4.